The summed E-state index contributed by atoms with van der Waals surface area (Å²) in [5, 5.41) is 9.93. The van der Waals surface area contributed by atoms with E-state index < -0.39 is 39.3 Å². The van der Waals surface area contributed by atoms with Crippen molar-refractivity contribution in [1.82, 2.24) is 4.90 Å². The van der Waals surface area contributed by atoms with Crippen molar-refractivity contribution in [1.29, 1.82) is 0 Å². The van der Waals surface area contributed by atoms with Crippen LogP contribution in [0.25, 0.3) is 0 Å². The Hall–Kier alpha value is -0.840. The molecule has 0 bridgehead atoms. The van der Waals surface area contributed by atoms with Crippen molar-refractivity contribution >= 4 is 10.1 Å². The molecule has 1 aliphatic rings. The Balaban J connectivity index is 2.55. The topological polar surface area (TPSA) is 76.1 Å². The maximum atomic E-state index is 12.3. The molecular formula is C13H22F3NO5S. The maximum absolute atomic E-state index is 12.3. The zero-order valence-corrected chi connectivity index (χ0v) is 14.1. The maximum Gasteiger partial charge on any atom is 0.534 e. The summed E-state index contributed by atoms with van der Waals surface area (Å²) < 4.78 is 68.2. The van der Waals surface area contributed by atoms with Crippen LogP contribution in [0.5, 0.6) is 0 Å². The van der Waals surface area contributed by atoms with E-state index in [0.29, 0.717) is 25.9 Å². The van der Waals surface area contributed by atoms with Crippen LogP contribution in [0.2, 0.25) is 0 Å². The number of hydrogen-bond donors (Lipinski definition) is 1. The highest BCUT2D eigenvalue weighted by Gasteiger charge is 2.49. The molecule has 0 aliphatic carbocycles. The molecule has 0 radical (unpaired) electrons. The summed E-state index contributed by atoms with van der Waals surface area (Å²) >= 11 is 0. The van der Waals surface area contributed by atoms with E-state index in [1.54, 1.807) is 25.7 Å². The molecule has 1 unspecified atom stereocenters. The molecule has 1 heterocycles. The molecule has 1 saturated heterocycles. The number of piperidine rings is 1. The first-order chi connectivity index (χ1) is 10.2. The average molecular weight is 361 g/mol. The highest BCUT2D eigenvalue weighted by atomic mass is 32.2. The van der Waals surface area contributed by atoms with Crippen LogP contribution in [0.15, 0.2) is 12.3 Å². The van der Waals surface area contributed by atoms with E-state index in [0.717, 1.165) is 0 Å². The van der Waals surface area contributed by atoms with E-state index in [9.17, 15) is 26.7 Å². The van der Waals surface area contributed by atoms with Gasteiger partial charge in [-0.1, -0.05) is 6.58 Å². The molecule has 0 saturated carbocycles. The Morgan fingerprint density at radius 1 is 1.26 bits per heavy atom. The summed E-state index contributed by atoms with van der Waals surface area (Å²) in [7, 11) is -5.69. The van der Waals surface area contributed by atoms with Gasteiger partial charge in [-0.15, -0.1) is 0 Å². The van der Waals surface area contributed by atoms with Gasteiger partial charge in [0, 0.05) is 19.0 Å². The van der Waals surface area contributed by atoms with Gasteiger partial charge in [-0.2, -0.15) is 21.6 Å². The fourth-order valence-electron chi connectivity index (χ4n) is 2.09. The van der Waals surface area contributed by atoms with E-state index in [4.69, 9.17) is 4.74 Å². The number of aliphatic hydroxyl groups is 1. The van der Waals surface area contributed by atoms with Crippen molar-refractivity contribution in [3.05, 3.63) is 12.3 Å². The quantitative estimate of drug-likeness (QED) is 0.350. The average Bonchev–Trinajstić information content (AvgIpc) is 2.35. The van der Waals surface area contributed by atoms with Crippen LogP contribution in [-0.2, 0) is 19.0 Å². The molecule has 136 valence electrons. The number of allylic oxidation sites excluding steroid dienone is 1. The zero-order chi connectivity index (χ0) is 18.1. The molecular weight excluding hydrogens is 339 g/mol. The van der Waals surface area contributed by atoms with Gasteiger partial charge in [0.1, 0.15) is 5.76 Å². The lowest BCUT2D eigenvalue weighted by Gasteiger charge is -2.37. The third-order valence-corrected chi connectivity index (χ3v) is 4.26. The van der Waals surface area contributed by atoms with Crippen molar-refractivity contribution in [2.45, 2.75) is 51.1 Å². The van der Waals surface area contributed by atoms with Crippen LogP contribution in [-0.4, -0.2) is 49.0 Å². The normalized spacial score (nSPS) is 20.3. The molecule has 0 aromatic rings. The molecule has 1 N–H and O–H groups in total. The van der Waals surface area contributed by atoms with Crippen molar-refractivity contribution in [3.8, 4) is 0 Å². The van der Waals surface area contributed by atoms with Crippen LogP contribution >= 0.6 is 0 Å². The first-order valence-corrected chi connectivity index (χ1v) is 8.43. The van der Waals surface area contributed by atoms with E-state index in [1.165, 1.54) is 0 Å². The Bertz CT molecular complexity index is 519. The van der Waals surface area contributed by atoms with Crippen LogP contribution in [0, 0.1) is 5.92 Å². The highest BCUT2D eigenvalue weighted by Crippen LogP contribution is 2.32. The number of halogens is 3. The van der Waals surface area contributed by atoms with Crippen molar-refractivity contribution in [2.24, 2.45) is 5.92 Å². The first-order valence-electron chi connectivity index (χ1n) is 7.02. The largest absolute Gasteiger partial charge is 0.534 e. The van der Waals surface area contributed by atoms with Gasteiger partial charge in [-0.3, -0.25) is 4.90 Å². The summed E-state index contributed by atoms with van der Waals surface area (Å²) in [5.41, 5.74) is -6.03. The molecule has 0 amide bonds. The minimum absolute atomic E-state index is 0.302. The minimum Gasteiger partial charge on any atom is -0.381 e. The van der Waals surface area contributed by atoms with Gasteiger partial charge in [-0.05, 0) is 33.6 Å². The smallest absolute Gasteiger partial charge is 0.381 e. The Kier molecular flexibility index (Phi) is 6.11. The SMILES string of the molecule is C=C(OS(=O)(=O)C(F)(F)F)C1CCN(C(O)OC(C)(C)C)CC1. The fraction of sp³-hybridized carbons (Fsp3) is 0.846. The van der Waals surface area contributed by atoms with Gasteiger partial charge in [0.15, 0.2) is 0 Å². The third-order valence-electron chi connectivity index (χ3n) is 3.26. The zero-order valence-electron chi connectivity index (χ0n) is 13.3. The number of aliphatic hydroxyl groups excluding tert-OH is 1. The number of alkyl halides is 3. The van der Waals surface area contributed by atoms with Crippen molar-refractivity contribution in [3.63, 3.8) is 0 Å². The van der Waals surface area contributed by atoms with E-state index in [1.807, 2.05) is 0 Å². The fourth-order valence-corrected chi connectivity index (χ4v) is 2.60. The summed E-state index contributed by atoms with van der Waals surface area (Å²) in [6, 6.07) is 0. The van der Waals surface area contributed by atoms with E-state index >= 15 is 0 Å². The van der Waals surface area contributed by atoms with Gasteiger partial charge in [0.25, 0.3) is 0 Å². The Morgan fingerprint density at radius 2 is 1.74 bits per heavy atom. The number of ether oxygens (including phenoxy) is 1. The lowest BCUT2D eigenvalue weighted by atomic mass is 9.96. The van der Waals surface area contributed by atoms with Gasteiger partial charge >= 0.3 is 15.6 Å². The van der Waals surface area contributed by atoms with Crippen LogP contribution < -0.4 is 0 Å². The third kappa shape index (κ3) is 5.94. The molecule has 1 aliphatic heterocycles. The lowest BCUT2D eigenvalue weighted by Crippen LogP contribution is -2.46. The molecule has 1 rings (SSSR count). The van der Waals surface area contributed by atoms with Gasteiger partial charge in [0.05, 0.1) is 5.60 Å². The molecule has 0 aromatic carbocycles. The molecule has 1 atom stereocenters. The van der Waals surface area contributed by atoms with E-state index in [-0.39, 0.29) is 0 Å². The molecule has 10 heteroatoms. The van der Waals surface area contributed by atoms with Crippen LogP contribution in [0.1, 0.15) is 33.6 Å². The highest BCUT2D eigenvalue weighted by molar-refractivity contribution is 7.87. The lowest BCUT2D eigenvalue weighted by molar-refractivity contribution is -0.243. The summed E-state index contributed by atoms with van der Waals surface area (Å²) in [6.45, 7) is 9.26. The van der Waals surface area contributed by atoms with Crippen molar-refractivity contribution in [2.75, 3.05) is 13.1 Å². The standard InChI is InChI=1S/C13H22F3NO5S/c1-9(22-23(19,20)13(14,15)16)10-5-7-17(8-6-10)11(18)21-12(2,3)4/h10-11,18H,1,5-8H2,2-4H3. The molecule has 6 nitrogen and oxygen atoms in total. The first kappa shape index (κ1) is 20.2. The second-order valence-corrected chi connectivity index (χ2v) is 7.85. The Morgan fingerprint density at radius 3 is 2.13 bits per heavy atom. The second-order valence-electron chi connectivity index (χ2n) is 6.32. The van der Waals surface area contributed by atoms with E-state index in [2.05, 4.69) is 10.8 Å². The van der Waals surface area contributed by atoms with Crippen LogP contribution in [0.3, 0.4) is 0 Å². The molecule has 0 spiro atoms. The summed E-state index contributed by atoms with van der Waals surface area (Å²) in [5.74, 6) is -0.974. The van der Waals surface area contributed by atoms with Gasteiger partial charge in [0.2, 0.25) is 6.41 Å². The van der Waals surface area contributed by atoms with Crippen LogP contribution in [0.4, 0.5) is 13.2 Å². The minimum atomic E-state index is -5.69. The molecule has 23 heavy (non-hydrogen) atoms. The second kappa shape index (κ2) is 6.96. The summed E-state index contributed by atoms with van der Waals surface area (Å²) in [6.07, 6.45) is -0.530. The molecule has 1 fully saturated rings. The Labute approximate surface area is 134 Å². The van der Waals surface area contributed by atoms with Gasteiger partial charge in [-0.25, -0.2) is 0 Å². The predicted molar refractivity (Wildman–Crippen MR) is 76.3 cm³/mol. The summed E-state index contributed by atoms with van der Waals surface area (Å²) in [4.78, 5) is 1.60. The predicted octanol–water partition coefficient (Wildman–Crippen LogP) is 2.17. The number of likely N-dealkylation sites (tertiary alicyclic amines) is 1. The number of nitrogens with zero attached hydrogens (tertiary/aromatic N) is 1. The monoisotopic (exact) mass is 361 g/mol. The van der Waals surface area contributed by atoms with Gasteiger partial charge < -0.3 is 14.0 Å². The number of hydrogen-bond acceptors (Lipinski definition) is 6. The van der Waals surface area contributed by atoms with Crippen molar-refractivity contribution < 1.29 is 35.6 Å². The number of rotatable bonds is 5. The molecule has 0 aromatic heterocycles.